The molecular formula is C22H28FN3O. The Morgan fingerprint density at radius 1 is 1.11 bits per heavy atom. The van der Waals surface area contributed by atoms with Crippen molar-refractivity contribution in [1.29, 1.82) is 0 Å². The number of hydrogen-bond donors (Lipinski definition) is 0. The molecule has 1 aromatic heterocycles. The third kappa shape index (κ3) is 4.40. The highest BCUT2D eigenvalue weighted by Gasteiger charge is 2.26. The fraction of sp³-hybridized carbons (Fsp3) is 0.545. The number of hydrogen-bond acceptors (Lipinski definition) is 2. The fourth-order valence-electron chi connectivity index (χ4n) is 4.51. The summed E-state index contributed by atoms with van der Waals surface area (Å²) in [7, 11) is 0. The quantitative estimate of drug-likeness (QED) is 0.775. The second kappa shape index (κ2) is 8.24. The van der Waals surface area contributed by atoms with Gasteiger partial charge in [0.05, 0.1) is 12.0 Å². The summed E-state index contributed by atoms with van der Waals surface area (Å²) in [5.74, 6) is 0.699. The van der Waals surface area contributed by atoms with Crippen molar-refractivity contribution in [3.05, 3.63) is 42.6 Å². The van der Waals surface area contributed by atoms with Crippen LogP contribution in [0.15, 0.2) is 36.8 Å². The van der Waals surface area contributed by atoms with Crippen LogP contribution < -0.4 is 0 Å². The third-order valence-corrected chi connectivity index (χ3v) is 6.15. The van der Waals surface area contributed by atoms with Crippen molar-refractivity contribution in [2.24, 2.45) is 5.92 Å². The van der Waals surface area contributed by atoms with E-state index in [1.165, 1.54) is 44.2 Å². The molecule has 1 saturated carbocycles. The molecule has 2 fully saturated rings. The Balaban J connectivity index is 1.32. The number of amides is 1. The number of rotatable bonds is 4. The van der Waals surface area contributed by atoms with E-state index >= 15 is 0 Å². The molecule has 4 nitrogen and oxygen atoms in total. The van der Waals surface area contributed by atoms with Crippen molar-refractivity contribution in [3.8, 4) is 11.3 Å². The minimum Gasteiger partial charge on any atom is -0.343 e. The monoisotopic (exact) mass is 369 g/mol. The lowest BCUT2D eigenvalue weighted by Crippen LogP contribution is -2.39. The van der Waals surface area contributed by atoms with Gasteiger partial charge in [-0.3, -0.25) is 4.79 Å². The highest BCUT2D eigenvalue weighted by atomic mass is 19.1. The first-order chi connectivity index (χ1) is 13.2. The first kappa shape index (κ1) is 18.2. The van der Waals surface area contributed by atoms with Crippen LogP contribution in [0.2, 0.25) is 0 Å². The van der Waals surface area contributed by atoms with E-state index in [1.54, 1.807) is 6.07 Å². The Hall–Kier alpha value is -2.17. The van der Waals surface area contributed by atoms with Crippen LogP contribution in [0, 0.1) is 11.7 Å². The van der Waals surface area contributed by atoms with Crippen LogP contribution in [0.25, 0.3) is 11.3 Å². The van der Waals surface area contributed by atoms with Gasteiger partial charge in [-0.1, -0.05) is 31.4 Å². The molecule has 4 rings (SSSR count). The van der Waals surface area contributed by atoms with Gasteiger partial charge in [-0.05, 0) is 43.7 Å². The molecule has 0 unspecified atom stereocenters. The number of piperidine rings is 1. The first-order valence-corrected chi connectivity index (χ1v) is 10.3. The van der Waals surface area contributed by atoms with Gasteiger partial charge in [0.25, 0.3) is 0 Å². The van der Waals surface area contributed by atoms with Gasteiger partial charge in [0.2, 0.25) is 5.91 Å². The number of likely N-dealkylation sites (tertiary alicyclic amines) is 1. The number of carbonyl (C=O) groups is 1. The van der Waals surface area contributed by atoms with E-state index < -0.39 is 0 Å². The summed E-state index contributed by atoms with van der Waals surface area (Å²) in [5.41, 5.74) is 1.60. The number of imidazole rings is 1. The van der Waals surface area contributed by atoms with Gasteiger partial charge in [-0.15, -0.1) is 0 Å². The van der Waals surface area contributed by atoms with Crippen LogP contribution in [-0.2, 0) is 4.79 Å². The normalized spacial score (nSPS) is 19.4. The zero-order valence-corrected chi connectivity index (χ0v) is 15.8. The molecular weight excluding hydrogens is 341 g/mol. The Morgan fingerprint density at radius 3 is 2.63 bits per heavy atom. The SMILES string of the molecule is O=C(CC1CCCCC1)N1CCC(n2cnc(-c3cccc(F)c3)c2)CC1. The molecule has 0 radical (unpaired) electrons. The summed E-state index contributed by atoms with van der Waals surface area (Å²) in [4.78, 5) is 19.1. The molecule has 1 aliphatic heterocycles. The fourth-order valence-corrected chi connectivity index (χ4v) is 4.51. The van der Waals surface area contributed by atoms with Gasteiger partial charge in [0, 0.05) is 37.3 Å². The maximum absolute atomic E-state index is 13.4. The topological polar surface area (TPSA) is 38.1 Å². The Morgan fingerprint density at radius 2 is 1.89 bits per heavy atom. The van der Waals surface area contributed by atoms with E-state index in [9.17, 15) is 9.18 Å². The molecule has 2 heterocycles. The Labute approximate surface area is 160 Å². The molecule has 1 aromatic carbocycles. The highest BCUT2D eigenvalue weighted by molar-refractivity contribution is 5.76. The van der Waals surface area contributed by atoms with Gasteiger partial charge in [-0.2, -0.15) is 0 Å². The van der Waals surface area contributed by atoms with E-state index in [4.69, 9.17) is 0 Å². The smallest absolute Gasteiger partial charge is 0.222 e. The molecule has 1 saturated heterocycles. The Bertz CT molecular complexity index is 773. The van der Waals surface area contributed by atoms with Gasteiger partial charge in [0.15, 0.2) is 0 Å². The molecule has 2 aliphatic rings. The molecule has 0 N–H and O–H groups in total. The lowest BCUT2D eigenvalue weighted by Gasteiger charge is -2.34. The van der Waals surface area contributed by atoms with Crippen LogP contribution >= 0.6 is 0 Å². The standard InChI is InChI=1S/C22H28FN3O/c23-19-8-4-7-18(14-19)21-15-26(16-24-21)20-9-11-25(12-10-20)22(27)13-17-5-2-1-3-6-17/h4,7-8,14-17,20H,1-3,5-6,9-13H2. The number of halogens is 1. The maximum atomic E-state index is 13.4. The average molecular weight is 369 g/mol. The molecule has 5 heteroatoms. The average Bonchev–Trinajstić information content (AvgIpc) is 3.19. The second-order valence-corrected chi connectivity index (χ2v) is 8.04. The van der Waals surface area contributed by atoms with Crippen LogP contribution in [0.5, 0.6) is 0 Å². The molecule has 0 atom stereocenters. The van der Waals surface area contributed by atoms with E-state index in [1.807, 2.05) is 18.6 Å². The number of aromatic nitrogens is 2. The Kier molecular flexibility index (Phi) is 5.55. The summed E-state index contributed by atoms with van der Waals surface area (Å²) in [6, 6.07) is 6.90. The van der Waals surface area contributed by atoms with E-state index in [0.29, 0.717) is 17.9 Å². The number of benzene rings is 1. The summed E-state index contributed by atoms with van der Waals surface area (Å²) in [6.45, 7) is 1.65. The predicted molar refractivity (Wildman–Crippen MR) is 104 cm³/mol. The molecule has 27 heavy (non-hydrogen) atoms. The maximum Gasteiger partial charge on any atom is 0.222 e. The molecule has 1 amide bonds. The van der Waals surface area contributed by atoms with Crippen molar-refractivity contribution in [2.45, 2.75) is 57.4 Å². The molecule has 144 valence electrons. The van der Waals surface area contributed by atoms with Crippen LogP contribution in [0.1, 0.15) is 57.4 Å². The van der Waals surface area contributed by atoms with Crippen LogP contribution in [0.3, 0.4) is 0 Å². The van der Waals surface area contributed by atoms with Crippen molar-refractivity contribution < 1.29 is 9.18 Å². The van der Waals surface area contributed by atoms with Crippen molar-refractivity contribution in [1.82, 2.24) is 14.5 Å². The summed E-state index contributed by atoms with van der Waals surface area (Å²) < 4.78 is 15.6. The highest BCUT2D eigenvalue weighted by Crippen LogP contribution is 2.29. The predicted octanol–water partition coefficient (Wildman–Crippen LogP) is 4.82. The minimum absolute atomic E-state index is 0.244. The lowest BCUT2D eigenvalue weighted by atomic mass is 9.86. The zero-order valence-electron chi connectivity index (χ0n) is 15.8. The molecule has 1 aliphatic carbocycles. The summed E-state index contributed by atoms with van der Waals surface area (Å²) in [6.07, 6.45) is 12.8. The first-order valence-electron chi connectivity index (χ1n) is 10.3. The van der Waals surface area contributed by atoms with E-state index in [2.05, 4.69) is 14.5 Å². The van der Waals surface area contributed by atoms with Crippen LogP contribution in [0.4, 0.5) is 4.39 Å². The third-order valence-electron chi connectivity index (χ3n) is 6.15. The largest absolute Gasteiger partial charge is 0.343 e. The van der Waals surface area contributed by atoms with Gasteiger partial charge >= 0.3 is 0 Å². The minimum atomic E-state index is -0.244. The molecule has 2 aromatic rings. The zero-order chi connectivity index (χ0) is 18.6. The summed E-state index contributed by atoms with van der Waals surface area (Å²) >= 11 is 0. The van der Waals surface area contributed by atoms with Crippen molar-refractivity contribution in [2.75, 3.05) is 13.1 Å². The van der Waals surface area contributed by atoms with Crippen LogP contribution in [-0.4, -0.2) is 33.4 Å². The van der Waals surface area contributed by atoms with E-state index in [-0.39, 0.29) is 5.82 Å². The lowest BCUT2D eigenvalue weighted by molar-refractivity contribution is -0.133. The van der Waals surface area contributed by atoms with E-state index in [0.717, 1.165) is 43.6 Å². The molecule has 0 spiro atoms. The number of nitrogens with zero attached hydrogens (tertiary/aromatic N) is 3. The van der Waals surface area contributed by atoms with Gasteiger partial charge < -0.3 is 9.47 Å². The number of carbonyl (C=O) groups excluding carboxylic acids is 1. The van der Waals surface area contributed by atoms with Crippen molar-refractivity contribution in [3.63, 3.8) is 0 Å². The summed E-state index contributed by atoms with van der Waals surface area (Å²) in [5, 5.41) is 0. The van der Waals surface area contributed by atoms with Crippen molar-refractivity contribution >= 4 is 5.91 Å². The van der Waals surface area contributed by atoms with Gasteiger partial charge in [-0.25, -0.2) is 9.37 Å². The molecule has 0 bridgehead atoms. The second-order valence-electron chi connectivity index (χ2n) is 8.04. The van der Waals surface area contributed by atoms with Gasteiger partial charge in [0.1, 0.15) is 5.82 Å².